The van der Waals surface area contributed by atoms with Crippen molar-refractivity contribution >= 4 is 0 Å². The highest BCUT2D eigenvalue weighted by Crippen LogP contribution is 2.18. The lowest BCUT2D eigenvalue weighted by atomic mass is 9.90. The minimum atomic E-state index is -0.0559. The topological polar surface area (TPSA) is 32.3 Å². The fourth-order valence-electron chi connectivity index (χ4n) is 2.22. The highest BCUT2D eigenvalue weighted by atomic mass is 16.3. The molecule has 2 atom stereocenters. The van der Waals surface area contributed by atoms with Gasteiger partial charge in [-0.3, -0.25) is 0 Å². The normalized spacial score (nSPS) is 24.9. The summed E-state index contributed by atoms with van der Waals surface area (Å²) in [6, 6.07) is 0. The third-order valence-corrected chi connectivity index (χ3v) is 3.23. The number of piperidine rings is 1. The first-order valence-electron chi connectivity index (χ1n) is 6.23. The van der Waals surface area contributed by atoms with Crippen LogP contribution in [0.1, 0.15) is 51.9 Å². The Hall–Kier alpha value is -0.0800. The van der Waals surface area contributed by atoms with Crippen LogP contribution in [0.5, 0.6) is 0 Å². The molecule has 1 fully saturated rings. The Labute approximate surface area is 88.1 Å². The standard InChI is InChI=1S/C12H25NO/c1-2-3-4-5-8-12(14)11-7-6-9-13-10-11/h11-14H,2-10H2,1H3. The molecular weight excluding hydrogens is 174 g/mol. The van der Waals surface area contributed by atoms with Crippen LogP contribution in [-0.2, 0) is 0 Å². The molecule has 1 rings (SSSR count). The van der Waals surface area contributed by atoms with Crippen LogP contribution in [0.2, 0.25) is 0 Å². The molecule has 0 spiro atoms. The number of rotatable bonds is 6. The average Bonchev–Trinajstić information content (AvgIpc) is 2.25. The van der Waals surface area contributed by atoms with E-state index in [1.807, 2.05) is 0 Å². The van der Waals surface area contributed by atoms with Crippen molar-refractivity contribution in [3.8, 4) is 0 Å². The smallest absolute Gasteiger partial charge is 0.0580 e. The van der Waals surface area contributed by atoms with Crippen LogP contribution in [-0.4, -0.2) is 24.3 Å². The molecule has 0 radical (unpaired) electrons. The van der Waals surface area contributed by atoms with E-state index in [4.69, 9.17) is 0 Å². The van der Waals surface area contributed by atoms with Crippen LogP contribution in [0.3, 0.4) is 0 Å². The van der Waals surface area contributed by atoms with Crippen LogP contribution in [0.15, 0.2) is 0 Å². The number of hydrogen-bond donors (Lipinski definition) is 2. The minimum absolute atomic E-state index is 0.0559. The summed E-state index contributed by atoms with van der Waals surface area (Å²) in [5.74, 6) is 0.519. The van der Waals surface area contributed by atoms with Gasteiger partial charge in [-0.2, -0.15) is 0 Å². The van der Waals surface area contributed by atoms with Crippen LogP contribution in [0.25, 0.3) is 0 Å². The summed E-state index contributed by atoms with van der Waals surface area (Å²) in [6.07, 6.45) is 8.47. The molecular formula is C12H25NO. The molecule has 0 aromatic rings. The average molecular weight is 199 g/mol. The molecule has 2 heteroatoms. The molecule has 1 aliphatic rings. The zero-order chi connectivity index (χ0) is 10.2. The van der Waals surface area contributed by atoms with Gasteiger partial charge in [0.15, 0.2) is 0 Å². The van der Waals surface area contributed by atoms with Gasteiger partial charge in [0, 0.05) is 6.54 Å². The van der Waals surface area contributed by atoms with E-state index in [2.05, 4.69) is 12.2 Å². The monoisotopic (exact) mass is 199 g/mol. The van der Waals surface area contributed by atoms with E-state index in [9.17, 15) is 5.11 Å². The molecule has 0 aromatic heterocycles. The van der Waals surface area contributed by atoms with Crippen LogP contribution >= 0.6 is 0 Å². The molecule has 2 N–H and O–H groups in total. The lowest BCUT2D eigenvalue weighted by molar-refractivity contribution is 0.0816. The molecule has 0 aliphatic carbocycles. The van der Waals surface area contributed by atoms with E-state index in [-0.39, 0.29) is 6.10 Å². The fraction of sp³-hybridized carbons (Fsp3) is 1.00. The summed E-state index contributed by atoms with van der Waals surface area (Å²) in [5, 5.41) is 13.3. The van der Waals surface area contributed by atoms with Crippen molar-refractivity contribution in [1.82, 2.24) is 5.32 Å². The van der Waals surface area contributed by atoms with E-state index in [0.717, 1.165) is 19.5 Å². The fourth-order valence-corrected chi connectivity index (χ4v) is 2.22. The van der Waals surface area contributed by atoms with Crippen molar-refractivity contribution in [2.75, 3.05) is 13.1 Å². The summed E-state index contributed by atoms with van der Waals surface area (Å²) in [6.45, 7) is 4.38. The molecule has 1 aliphatic heterocycles. The first kappa shape index (κ1) is 12.0. The third-order valence-electron chi connectivity index (χ3n) is 3.23. The number of aliphatic hydroxyl groups is 1. The van der Waals surface area contributed by atoms with Crippen molar-refractivity contribution in [3.05, 3.63) is 0 Å². The molecule has 0 amide bonds. The van der Waals surface area contributed by atoms with Gasteiger partial charge in [-0.1, -0.05) is 32.6 Å². The number of aliphatic hydroxyl groups excluding tert-OH is 1. The molecule has 2 unspecified atom stereocenters. The highest BCUT2D eigenvalue weighted by molar-refractivity contribution is 4.75. The minimum Gasteiger partial charge on any atom is -0.393 e. The predicted molar refractivity (Wildman–Crippen MR) is 60.4 cm³/mol. The summed E-state index contributed by atoms with van der Waals surface area (Å²) < 4.78 is 0. The summed E-state index contributed by atoms with van der Waals surface area (Å²) in [7, 11) is 0. The number of hydrogen-bond acceptors (Lipinski definition) is 2. The Morgan fingerprint density at radius 2 is 2.21 bits per heavy atom. The van der Waals surface area contributed by atoms with E-state index < -0.39 is 0 Å². The molecule has 1 saturated heterocycles. The Morgan fingerprint density at radius 1 is 1.36 bits per heavy atom. The molecule has 1 heterocycles. The van der Waals surface area contributed by atoms with Crippen molar-refractivity contribution in [2.45, 2.75) is 58.0 Å². The van der Waals surface area contributed by atoms with Crippen molar-refractivity contribution < 1.29 is 5.11 Å². The quantitative estimate of drug-likeness (QED) is 0.643. The summed E-state index contributed by atoms with van der Waals surface area (Å²) >= 11 is 0. The maximum absolute atomic E-state index is 9.93. The van der Waals surface area contributed by atoms with Crippen molar-refractivity contribution in [1.29, 1.82) is 0 Å². The van der Waals surface area contributed by atoms with Gasteiger partial charge in [-0.25, -0.2) is 0 Å². The first-order chi connectivity index (χ1) is 6.84. The summed E-state index contributed by atoms with van der Waals surface area (Å²) in [5.41, 5.74) is 0. The SMILES string of the molecule is CCCCCCC(O)C1CCCNC1. The van der Waals surface area contributed by atoms with E-state index in [0.29, 0.717) is 5.92 Å². The van der Waals surface area contributed by atoms with Gasteiger partial charge < -0.3 is 10.4 Å². The molecule has 2 nitrogen and oxygen atoms in total. The Kier molecular flexibility index (Phi) is 6.20. The van der Waals surface area contributed by atoms with E-state index >= 15 is 0 Å². The molecule has 0 aromatic carbocycles. The van der Waals surface area contributed by atoms with Crippen molar-refractivity contribution in [2.24, 2.45) is 5.92 Å². The number of unbranched alkanes of at least 4 members (excludes halogenated alkanes) is 3. The van der Waals surface area contributed by atoms with Crippen LogP contribution < -0.4 is 5.32 Å². The Bertz CT molecular complexity index is 132. The van der Waals surface area contributed by atoms with Gasteiger partial charge in [0.05, 0.1) is 6.10 Å². The second-order valence-corrected chi connectivity index (χ2v) is 4.52. The third kappa shape index (κ3) is 4.43. The Balaban J connectivity index is 2.04. The lowest BCUT2D eigenvalue weighted by Crippen LogP contribution is -2.36. The maximum Gasteiger partial charge on any atom is 0.0580 e. The Morgan fingerprint density at radius 3 is 2.86 bits per heavy atom. The van der Waals surface area contributed by atoms with Gasteiger partial charge in [-0.15, -0.1) is 0 Å². The van der Waals surface area contributed by atoms with Gasteiger partial charge in [0.25, 0.3) is 0 Å². The molecule has 84 valence electrons. The van der Waals surface area contributed by atoms with Gasteiger partial charge in [0.2, 0.25) is 0 Å². The number of nitrogens with one attached hydrogen (secondary N) is 1. The van der Waals surface area contributed by atoms with Crippen molar-refractivity contribution in [3.63, 3.8) is 0 Å². The zero-order valence-electron chi connectivity index (χ0n) is 9.47. The molecule has 0 saturated carbocycles. The summed E-state index contributed by atoms with van der Waals surface area (Å²) in [4.78, 5) is 0. The zero-order valence-corrected chi connectivity index (χ0v) is 9.47. The van der Waals surface area contributed by atoms with Crippen LogP contribution in [0.4, 0.5) is 0 Å². The largest absolute Gasteiger partial charge is 0.393 e. The van der Waals surface area contributed by atoms with E-state index in [1.165, 1.54) is 38.5 Å². The lowest BCUT2D eigenvalue weighted by Gasteiger charge is -2.27. The second kappa shape index (κ2) is 7.24. The molecule has 14 heavy (non-hydrogen) atoms. The highest BCUT2D eigenvalue weighted by Gasteiger charge is 2.20. The van der Waals surface area contributed by atoms with E-state index in [1.54, 1.807) is 0 Å². The molecule has 0 bridgehead atoms. The van der Waals surface area contributed by atoms with Gasteiger partial charge in [0.1, 0.15) is 0 Å². The van der Waals surface area contributed by atoms with Crippen LogP contribution in [0, 0.1) is 5.92 Å². The van der Waals surface area contributed by atoms with Gasteiger partial charge in [-0.05, 0) is 31.7 Å². The van der Waals surface area contributed by atoms with Gasteiger partial charge >= 0.3 is 0 Å². The first-order valence-corrected chi connectivity index (χ1v) is 6.23. The maximum atomic E-state index is 9.93. The second-order valence-electron chi connectivity index (χ2n) is 4.52. The predicted octanol–water partition coefficient (Wildman–Crippen LogP) is 2.32.